The number of carboxylic acid groups (broad SMARTS) is 1. The molecule has 1 fully saturated rings. The Morgan fingerprint density at radius 1 is 1.44 bits per heavy atom. The minimum atomic E-state index is -0.994. The molecule has 1 amide bonds. The van der Waals surface area contributed by atoms with Crippen LogP contribution >= 0.6 is 0 Å². The Bertz CT molecular complexity index is 305. The van der Waals surface area contributed by atoms with Gasteiger partial charge in [0.15, 0.2) is 0 Å². The van der Waals surface area contributed by atoms with E-state index in [1.54, 1.807) is 0 Å². The summed E-state index contributed by atoms with van der Waals surface area (Å²) in [6, 6.07) is 1.21. The van der Waals surface area contributed by atoms with E-state index >= 15 is 0 Å². The number of nitrogens with zero attached hydrogens (tertiary/aromatic N) is 1. The molecule has 1 rings (SSSR count). The van der Waals surface area contributed by atoms with Gasteiger partial charge >= 0.3 is 5.97 Å². The van der Waals surface area contributed by atoms with Crippen molar-refractivity contribution < 1.29 is 14.7 Å². The van der Waals surface area contributed by atoms with Crippen molar-refractivity contribution in [2.24, 2.45) is 5.92 Å². The molecule has 88 valence electrons. The summed E-state index contributed by atoms with van der Waals surface area (Å²) in [5.41, 5.74) is 0. The molecule has 2 N–H and O–H groups in total. The number of unbranched alkanes of at least 4 members (excludes halogenated alkanes) is 2. The van der Waals surface area contributed by atoms with Crippen molar-refractivity contribution in [3.05, 3.63) is 0 Å². The number of amides is 1. The van der Waals surface area contributed by atoms with Crippen LogP contribution in [-0.4, -0.2) is 23.0 Å². The molecule has 0 aromatic heterocycles. The highest BCUT2D eigenvalue weighted by molar-refractivity contribution is 5.86. The normalized spacial score (nSPS) is 16.2. The molecule has 0 radical (unpaired) electrons. The van der Waals surface area contributed by atoms with Crippen LogP contribution in [0.5, 0.6) is 0 Å². The predicted molar refractivity (Wildman–Crippen MR) is 56.4 cm³/mol. The first-order chi connectivity index (χ1) is 7.65. The number of aliphatic carboxylic acids is 1. The fourth-order valence-electron chi connectivity index (χ4n) is 1.44. The summed E-state index contributed by atoms with van der Waals surface area (Å²) in [5.74, 6) is -1.11. The number of hydrogen-bond donors (Lipinski definition) is 2. The lowest BCUT2D eigenvalue weighted by molar-refractivity contribution is -0.142. The van der Waals surface area contributed by atoms with Crippen LogP contribution in [0.25, 0.3) is 0 Å². The van der Waals surface area contributed by atoms with Crippen molar-refractivity contribution >= 4 is 11.9 Å². The molecule has 0 unspecified atom stereocenters. The second-order valence-electron chi connectivity index (χ2n) is 4.08. The third kappa shape index (κ3) is 4.30. The second kappa shape index (κ2) is 6.11. The highest BCUT2D eigenvalue weighted by Crippen LogP contribution is 2.29. The Balaban J connectivity index is 2.26. The zero-order valence-electron chi connectivity index (χ0n) is 9.11. The van der Waals surface area contributed by atoms with Crippen molar-refractivity contribution in [3.63, 3.8) is 0 Å². The number of rotatable bonds is 7. The van der Waals surface area contributed by atoms with E-state index in [1.165, 1.54) is 0 Å². The van der Waals surface area contributed by atoms with Crippen molar-refractivity contribution in [1.29, 1.82) is 5.26 Å². The van der Waals surface area contributed by atoms with Crippen LogP contribution in [-0.2, 0) is 9.59 Å². The van der Waals surface area contributed by atoms with Crippen molar-refractivity contribution in [3.8, 4) is 6.07 Å². The van der Waals surface area contributed by atoms with Crippen LogP contribution in [0.3, 0.4) is 0 Å². The maximum Gasteiger partial charge on any atom is 0.326 e. The van der Waals surface area contributed by atoms with Crippen LogP contribution in [0.1, 0.15) is 38.5 Å². The Morgan fingerprint density at radius 2 is 2.12 bits per heavy atom. The van der Waals surface area contributed by atoms with E-state index in [-0.39, 0.29) is 11.8 Å². The second-order valence-corrected chi connectivity index (χ2v) is 4.08. The third-order valence-electron chi connectivity index (χ3n) is 2.59. The fraction of sp³-hybridized carbons (Fsp3) is 0.727. The van der Waals surface area contributed by atoms with Gasteiger partial charge in [-0.3, -0.25) is 4.79 Å². The third-order valence-corrected chi connectivity index (χ3v) is 2.59. The van der Waals surface area contributed by atoms with E-state index in [0.29, 0.717) is 25.7 Å². The molecule has 1 aliphatic carbocycles. The van der Waals surface area contributed by atoms with Gasteiger partial charge in [-0.15, -0.1) is 0 Å². The van der Waals surface area contributed by atoms with Gasteiger partial charge in [-0.05, 0) is 32.1 Å². The van der Waals surface area contributed by atoms with Gasteiger partial charge in [0.1, 0.15) is 6.04 Å². The SMILES string of the molecule is N#CCCCC[C@H](NC(=O)C1CC1)C(=O)O. The van der Waals surface area contributed by atoms with Gasteiger partial charge in [-0.2, -0.15) is 5.26 Å². The highest BCUT2D eigenvalue weighted by Gasteiger charge is 2.32. The van der Waals surface area contributed by atoms with Gasteiger partial charge in [-0.25, -0.2) is 4.79 Å². The van der Waals surface area contributed by atoms with E-state index in [1.807, 2.05) is 6.07 Å². The van der Waals surface area contributed by atoms with Gasteiger partial charge in [0.25, 0.3) is 0 Å². The molecule has 0 heterocycles. The summed E-state index contributed by atoms with van der Waals surface area (Å²) >= 11 is 0. The van der Waals surface area contributed by atoms with Crippen LogP contribution in [0, 0.1) is 17.2 Å². The summed E-state index contributed by atoms with van der Waals surface area (Å²) in [5, 5.41) is 19.8. The van der Waals surface area contributed by atoms with Gasteiger partial charge in [0.2, 0.25) is 5.91 Å². The summed E-state index contributed by atoms with van der Waals surface area (Å²) in [7, 11) is 0. The summed E-state index contributed by atoms with van der Waals surface area (Å²) < 4.78 is 0. The average molecular weight is 224 g/mol. The molecule has 0 spiro atoms. The molecule has 1 aliphatic rings. The van der Waals surface area contributed by atoms with Crippen LogP contribution in [0.15, 0.2) is 0 Å². The number of carbonyl (C=O) groups is 2. The molecular formula is C11H16N2O3. The predicted octanol–water partition coefficient (Wildman–Crippen LogP) is 1.05. The molecule has 0 aliphatic heterocycles. The molecule has 5 heteroatoms. The average Bonchev–Trinajstić information content (AvgIpc) is 3.05. The topological polar surface area (TPSA) is 90.2 Å². The number of carboxylic acids is 1. The zero-order valence-corrected chi connectivity index (χ0v) is 9.11. The molecular weight excluding hydrogens is 208 g/mol. The summed E-state index contributed by atoms with van der Waals surface area (Å²) in [6.07, 6.45) is 3.90. The largest absolute Gasteiger partial charge is 0.480 e. The zero-order chi connectivity index (χ0) is 12.0. The maximum atomic E-state index is 11.4. The minimum Gasteiger partial charge on any atom is -0.480 e. The van der Waals surface area contributed by atoms with Crippen LogP contribution in [0.4, 0.5) is 0 Å². The van der Waals surface area contributed by atoms with Crippen molar-refractivity contribution in [1.82, 2.24) is 5.32 Å². The van der Waals surface area contributed by atoms with Crippen LogP contribution < -0.4 is 5.32 Å². The quantitative estimate of drug-likeness (QED) is 0.632. The Hall–Kier alpha value is -1.57. The van der Waals surface area contributed by atoms with E-state index in [2.05, 4.69) is 5.32 Å². The molecule has 1 atom stereocenters. The Labute approximate surface area is 94.4 Å². The summed E-state index contributed by atoms with van der Waals surface area (Å²) in [6.45, 7) is 0. The molecule has 0 aromatic carbocycles. The Kier molecular flexibility index (Phi) is 4.77. The number of nitriles is 1. The standard InChI is InChI=1S/C11H16N2O3/c12-7-3-1-2-4-9(11(15)16)13-10(14)8-5-6-8/h8-9H,1-6H2,(H,13,14)(H,15,16)/t9-/m0/s1. The van der Waals surface area contributed by atoms with Crippen molar-refractivity contribution in [2.45, 2.75) is 44.6 Å². The molecule has 5 nitrogen and oxygen atoms in total. The first-order valence-electron chi connectivity index (χ1n) is 5.55. The number of nitrogens with one attached hydrogen (secondary N) is 1. The van der Waals surface area contributed by atoms with E-state index in [9.17, 15) is 9.59 Å². The molecule has 0 bridgehead atoms. The lowest BCUT2D eigenvalue weighted by atomic mass is 10.1. The Morgan fingerprint density at radius 3 is 2.62 bits per heavy atom. The lowest BCUT2D eigenvalue weighted by Crippen LogP contribution is -2.41. The van der Waals surface area contributed by atoms with Gasteiger partial charge in [0, 0.05) is 12.3 Å². The first-order valence-corrected chi connectivity index (χ1v) is 5.55. The van der Waals surface area contributed by atoms with Gasteiger partial charge in [-0.1, -0.05) is 0 Å². The van der Waals surface area contributed by atoms with Crippen molar-refractivity contribution in [2.75, 3.05) is 0 Å². The smallest absolute Gasteiger partial charge is 0.326 e. The monoisotopic (exact) mass is 224 g/mol. The highest BCUT2D eigenvalue weighted by atomic mass is 16.4. The summed E-state index contributed by atoms with van der Waals surface area (Å²) in [4.78, 5) is 22.2. The van der Waals surface area contributed by atoms with E-state index < -0.39 is 12.0 Å². The lowest BCUT2D eigenvalue weighted by Gasteiger charge is -2.13. The van der Waals surface area contributed by atoms with E-state index in [4.69, 9.17) is 10.4 Å². The first kappa shape index (κ1) is 12.5. The van der Waals surface area contributed by atoms with Gasteiger partial charge < -0.3 is 10.4 Å². The van der Waals surface area contributed by atoms with Gasteiger partial charge in [0.05, 0.1) is 6.07 Å². The fourth-order valence-corrected chi connectivity index (χ4v) is 1.44. The number of carbonyl (C=O) groups excluding carboxylic acids is 1. The number of hydrogen-bond acceptors (Lipinski definition) is 3. The van der Waals surface area contributed by atoms with Crippen LogP contribution in [0.2, 0.25) is 0 Å². The minimum absolute atomic E-state index is 0.0287. The maximum absolute atomic E-state index is 11.4. The molecule has 0 aromatic rings. The molecule has 0 saturated heterocycles. The molecule has 16 heavy (non-hydrogen) atoms. The van der Waals surface area contributed by atoms with E-state index in [0.717, 1.165) is 12.8 Å². The molecule has 1 saturated carbocycles.